The van der Waals surface area contributed by atoms with E-state index in [1.165, 1.54) is 0 Å². The van der Waals surface area contributed by atoms with E-state index in [0.717, 1.165) is 29.9 Å². The van der Waals surface area contributed by atoms with Crippen LogP contribution in [0.15, 0.2) is 21.4 Å². The third-order valence-corrected chi connectivity index (χ3v) is 3.24. The van der Waals surface area contributed by atoms with E-state index in [0.29, 0.717) is 5.92 Å². The maximum Gasteiger partial charge on any atom is 0.173 e. The average molecular weight is 261 g/mol. The molecule has 2 atom stereocenters. The molecule has 0 aliphatic carbocycles. The summed E-state index contributed by atoms with van der Waals surface area (Å²) >= 11 is 3.35. The summed E-state index contributed by atoms with van der Waals surface area (Å²) in [4.78, 5) is 0. The van der Waals surface area contributed by atoms with Crippen molar-refractivity contribution in [1.82, 2.24) is 5.43 Å². The zero-order valence-electron chi connectivity index (χ0n) is 7.70. The number of halogens is 1. The Bertz CT molecular complexity index is 297. The molecule has 4 nitrogen and oxygen atoms in total. The molecule has 2 heterocycles. The largest absolute Gasteiger partial charge is 0.457 e. The third-order valence-electron chi connectivity index (χ3n) is 2.60. The van der Waals surface area contributed by atoms with Crippen molar-refractivity contribution < 1.29 is 9.15 Å². The van der Waals surface area contributed by atoms with Crippen LogP contribution in [0.3, 0.4) is 0 Å². The molecule has 2 rings (SSSR count). The molecule has 0 aromatic carbocycles. The summed E-state index contributed by atoms with van der Waals surface area (Å²) in [5.74, 6) is 5.97. The molecular formula is C9H13BrN2O2. The van der Waals surface area contributed by atoms with Gasteiger partial charge in [0.15, 0.2) is 4.67 Å². The van der Waals surface area contributed by atoms with Crippen LogP contribution in [-0.4, -0.2) is 13.2 Å². The quantitative estimate of drug-likeness (QED) is 0.640. The van der Waals surface area contributed by atoms with Gasteiger partial charge in [0, 0.05) is 18.1 Å². The van der Waals surface area contributed by atoms with E-state index in [1.807, 2.05) is 6.07 Å². The molecule has 1 aromatic heterocycles. The van der Waals surface area contributed by atoms with Crippen LogP contribution in [-0.2, 0) is 4.74 Å². The Morgan fingerprint density at radius 2 is 2.50 bits per heavy atom. The van der Waals surface area contributed by atoms with Gasteiger partial charge in [-0.1, -0.05) is 0 Å². The average Bonchev–Trinajstić information content (AvgIpc) is 2.80. The molecular weight excluding hydrogens is 248 g/mol. The predicted octanol–water partition coefficient (Wildman–Crippen LogP) is 1.58. The lowest BCUT2D eigenvalue weighted by Gasteiger charge is -2.20. The lowest BCUT2D eigenvalue weighted by Crippen LogP contribution is -2.33. The minimum absolute atomic E-state index is 0.102. The highest BCUT2D eigenvalue weighted by Gasteiger charge is 2.28. The molecule has 0 bridgehead atoms. The highest BCUT2D eigenvalue weighted by atomic mass is 79.9. The minimum Gasteiger partial charge on any atom is -0.457 e. The second-order valence-corrected chi connectivity index (χ2v) is 4.14. The lowest BCUT2D eigenvalue weighted by molar-refractivity contribution is 0.176. The van der Waals surface area contributed by atoms with E-state index in [4.69, 9.17) is 15.0 Å². The molecule has 2 unspecified atom stereocenters. The number of hydrazine groups is 1. The van der Waals surface area contributed by atoms with Crippen molar-refractivity contribution in [3.8, 4) is 0 Å². The molecule has 14 heavy (non-hydrogen) atoms. The highest BCUT2D eigenvalue weighted by molar-refractivity contribution is 9.10. The summed E-state index contributed by atoms with van der Waals surface area (Å²) in [5, 5.41) is 0. The first kappa shape index (κ1) is 10.2. The normalized spacial score (nSPS) is 24.0. The first-order chi connectivity index (χ1) is 6.83. The number of hydrogen-bond acceptors (Lipinski definition) is 4. The smallest absolute Gasteiger partial charge is 0.173 e. The third kappa shape index (κ3) is 1.86. The van der Waals surface area contributed by atoms with Gasteiger partial charge < -0.3 is 9.15 Å². The fourth-order valence-corrected chi connectivity index (χ4v) is 2.31. The molecule has 1 fully saturated rings. The summed E-state index contributed by atoms with van der Waals surface area (Å²) in [6, 6.07) is 2.03. The van der Waals surface area contributed by atoms with E-state index < -0.39 is 0 Å². The number of ether oxygens (including phenoxy) is 1. The predicted molar refractivity (Wildman–Crippen MR) is 55.4 cm³/mol. The van der Waals surface area contributed by atoms with Gasteiger partial charge in [-0.3, -0.25) is 11.3 Å². The lowest BCUT2D eigenvalue weighted by atomic mass is 9.95. The Kier molecular flexibility index (Phi) is 3.22. The van der Waals surface area contributed by atoms with Gasteiger partial charge in [-0.05, 0) is 28.4 Å². The Morgan fingerprint density at radius 3 is 3.00 bits per heavy atom. The second kappa shape index (κ2) is 4.44. The number of furan rings is 1. The Morgan fingerprint density at radius 1 is 1.64 bits per heavy atom. The Labute approximate surface area is 90.9 Å². The van der Waals surface area contributed by atoms with Crippen molar-refractivity contribution in [2.24, 2.45) is 11.8 Å². The Balaban J connectivity index is 2.16. The van der Waals surface area contributed by atoms with Crippen molar-refractivity contribution in [2.75, 3.05) is 13.2 Å². The topological polar surface area (TPSA) is 60.4 Å². The fraction of sp³-hybridized carbons (Fsp3) is 0.556. The number of nitrogens with two attached hydrogens (primary N) is 1. The van der Waals surface area contributed by atoms with Gasteiger partial charge in [-0.2, -0.15) is 0 Å². The van der Waals surface area contributed by atoms with Crippen molar-refractivity contribution in [3.63, 3.8) is 0 Å². The molecule has 1 aromatic rings. The van der Waals surface area contributed by atoms with Crippen LogP contribution in [0.2, 0.25) is 0 Å². The van der Waals surface area contributed by atoms with Crippen LogP contribution >= 0.6 is 15.9 Å². The Hall–Kier alpha value is -0.360. The van der Waals surface area contributed by atoms with Gasteiger partial charge >= 0.3 is 0 Å². The maximum atomic E-state index is 5.54. The van der Waals surface area contributed by atoms with Gasteiger partial charge in [0.25, 0.3) is 0 Å². The van der Waals surface area contributed by atoms with Gasteiger partial charge in [0.05, 0.1) is 18.9 Å². The summed E-state index contributed by atoms with van der Waals surface area (Å²) in [6.07, 6.45) is 2.69. The van der Waals surface area contributed by atoms with Crippen molar-refractivity contribution in [2.45, 2.75) is 12.5 Å². The molecule has 1 aliphatic rings. The summed E-state index contributed by atoms with van der Waals surface area (Å²) in [6.45, 7) is 1.57. The van der Waals surface area contributed by atoms with Crippen LogP contribution in [0, 0.1) is 5.92 Å². The van der Waals surface area contributed by atoms with Crippen LogP contribution in [0.25, 0.3) is 0 Å². The first-order valence-electron chi connectivity index (χ1n) is 4.59. The number of hydrogen-bond donors (Lipinski definition) is 2. The highest BCUT2D eigenvalue weighted by Crippen LogP contribution is 2.32. The van der Waals surface area contributed by atoms with Gasteiger partial charge in [0.2, 0.25) is 0 Å². The zero-order chi connectivity index (χ0) is 9.97. The van der Waals surface area contributed by atoms with Crippen LogP contribution in [0.5, 0.6) is 0 Å². The number of nitrogens with one attached hydrogen (secondary N) is 1. The van der Waals surface area contributed by atoms with Gasteiger partial charge in [-0.25, -0.2) is 0 Å². The zero-order valence-corrected chi connectivity index (χ0v) is 9.29. The molecule has 0 spiro atoms. The van der Waals surface area contributed by atoms with E-state index in [-0.39, 0.29) is 6.04 Å². The van der Waals surface area contributed by atoms with E-state index in [9.17, 15) is 0 Å². The summed E-state index contributed by atoms with van der Waals surface area (Å²) in [7, 11) is 0. The van der Waals surface area contributed by atoms with E-state index in [1.54, 1.807) is 6.26 Å². The van der Waals surface area contributed by atoms with Crippen LogP contribution < -0.4 is 11.3 Å². The molecule has 78 valence electrons. The standard InChI is InChI=1S/C9H13BrN2O2/c10-9-7(2-4-14-9)8(12-11)6-1-3-13-5-6/h2,4,6,8,12H,1,3,5,11H2. The second-order valence-electron chi connectivity index (χ2n) is 3.42. The van der Waals surface area contributed by atoms with Crippen LogP contribution in [0.4, 0.5) is 0 Å². The van der Waals surface area contributed by atoms with Crippen molar-refractivity contribution >= 4 is 15.9 Å². The monoisotopic (exact) mass is 260 g/mol. The molecule has 5 heteroatoms. The molecule has 1 saturated heterocycles. The summed E-state index contributed by atoms with van der Waals surface area (Å²) < 4.78 is 11.3. The summed E-state index contributed by atoms with van der Waals surface area (Å²) in [5.41, 5.74) is 3.88. The SMILES string of the molecule is NNC(c1ccoc1Br)C1CCOC1. The molecule has 3 N–H and O–H groups in total. The minimum atomic E-state index is 0.102. The molecule has 0 saturated carbocycles. The van der Waals surface area contributed by atoms with E-state index >= 15 is 0 Å². The molecule has 1 aliphatic heterocycles. The van der Waals surface area contributed by atoms with E-state index in [2.05, 4.69) is 21.4 Å². The fourth-order valence-electron chi connectivity index (χ4n) is 1.82. The van der Waals surface area contributed by atoms with Crippen LogP contribution in [0.1, 0.15) is 18.0 Å². The number of rotatable bonds is 3. The van der Waals surface area contributed by atoms with Crippen molar-refractivity contribution in [3.05, 3.63) is 22.6 Å². The molecule has 0 amide bonds. The first-order valence-corrected chi connectivity index (χ1v) is 5.39. The van der Waals surface area contributed by atoms with Gasteiger partial charge in [-0.15, -0.1) is 0 Å². The van der Waals surface area contributed by atoms with Crippen molar-refractivity contribution in [1.29, 1.82) is 0 Å². The maximum absolute atomic E-state index is 5.54. The van der Waals surface area contributed by atoms with Gasteiger partial charge in [0.1, 0.15) is 0 Å². The molecule has 0 radical (unpaired) electrons.